The predicted octanol–water partition coefficient (Wildman–Crippen LogP) is 2.62. The second kappa shape index (κ2) is 5.50. The zero-order chi connectivity index (χ0) is 16.9. The van der Waals surface area contributed by atoms with E-state index in [1.54, 1.807) is 0 Å². The molecule has 6 nitrogen and oxygen atoms in total. The molecular weight excluding hydrogens is 419 g/mol. The summed E-state index contributed by atoms with van der Waals surface area (Å²) in [5, 5.41) is 0.0193. The van der Waals surface area contributed by atoms with E-state index in [-0.39, 0.29) is 15.7 Å². The van der Waals surface area contributed by atoms with Gasteiger partial charge in [-0.2, -0.15) is 0 Å². The molecule has 0 atom stereocenters. The molecule has 0 fully saturated rings. The maximum absolute atomic E-state index is 11.6. The highest BCUT2D eigenvalue weighted by Crippen LogP contribution is 2.32. The molecule has 0 unspecified atom stereocenters. The number of fused-ring (bicyclic) bond motifs is 1. The molecule has 0 saturated heterocycles. The first-order valence-electron chi connectivity index (χ1n) is 5.22. The van der Waals surface area contributed by atoms with Gasteiger partial charge in [-0.05, 0) is 29.7 Å². The van der Waals surface area contributed by atoms with Gasteiger partial charge < -0.3 is 0 Å². The Labute approximate surface area is 139 Å². The lowest BCUT2D eigenvalue weighted by molar-refractivity contribution is 0.606. The number of rotatable bonds is 3. The van der Waals surface area contributed by atoms with Gasteiger partial charge in [0.2, 0.25) is 0 Å². The molecule has 0 N–H and O–H groups in total. The average molecular weight is 424 g/mol. The van der Waals surface area contributed by atoms with Crippen LogP contribution in [0.25, 0.3) is 10.8 Å². The summed E-state index contributed by atoms with van der Waals surface area (Å²) in [7, 11) is 3.00. The molecular formula is C10H5Cl3O6S3. The van der Waals surface area contributed by atoms with Crippen LogP contribution in [-0.4, -0.2) is 25.3 Å². The van der Waals surface area contributed by atoms with Gasteiger partial charge in [-0.15, -0.1) is 0 Å². The molecule has 0 bridgehead atoms. The molecule has 0 saturated carbocycles. The Morgan fingerprint density at radius 3 is 1.64 bits per heavy atom. The van der Waals surface area contributed by atoms with Gasteiger partial charge in [0, 0.05) is 37.4 Å². The zero-order valence-corrected chi connectivity index (χ0v) is 14.9. The summed E-state index contributed by atoms with van der Waals surface area (Å²) in [5.74, 6) is 0. The summed E-state index contributed by atoms with van der Waals surface area (Å²) in [6.07, 6.45) is 0. The molecule has 0 radical (unpaired) electrons. The SMILES string of the molecule is O=S(=O)(Cl)c1cc(S(=O)(=O)Cl)c2cc(S(=O)(=O)Cl)ccc2c1. The molecule has 0 amide bonds. The minimum absolute atomic E-state index is 0.0965. The minimum atomic E-state index is -4.36. The Bertz CT molecular complexity index is 1090. The van der Waals surface area contributed by atoms with Crippen molar-refractivity contribution in [3.63, 3.8) is 0 Å². The lowest BCUT2D eigenvalue weighted by Gasteiger charge is -2.07. The third-order valence-corrected chi connectivity index (χ3v) is 6.73. The van der Waals surface area contributed by atoms with Gasteiger partial charge in [-0.25, -0.2) is 25.3 Å². The molecule has 0 aromatic heterocycles. The maximum atomic E-state index is 11.6. The lowest BCUT2D eigenvalue weighted by atomic mass is 10.1. The summed E-state index contributed by atoms with van der Waals surface area (Å²) in [6, 6.07) is 5.12. The van der Waals surface area contributed by atoms with Crippen LogP contribution in [0.1, 0.15) is 0 Å². The van der Waals surface area contributed by atoms with Gasteiger partial charge in [0.15, 0.2) is 0 Å². The van der Waals surface area contributed by atoms with Crippen LogP contribution in [0.4, 0.5) is 0 Å². The van der Waals surface area contributed by atoms with E-state index >= 15 is 0 Å². The lowest BCUT2D eigenvalue weighted by Crippen LogP contribution is -1.99. The van der Waals surface area contributed by atoms with Crippen LogP contribution in [0.2, 0.25) is 0 Å². The smallest absolute Gasteiger partial charge is 0.207 e. The molecule has 0 aliphatic carbocycles. The molecule has 0 heterocycles. The standard InChI is InChI=1S/C10H5Cl3O6S3/c11-20(14,15)7-2-1-6-3-8(21(12,16)17)5-10(9(6)4-7)22(13,18)19/h1-5H. The van der Waals surface area contributed by atoms with Crippen molar-refractivity contribution in [2.45, 2.75) is 14.7 Å². The molecule has 12 heteroatoms. The Kier molecular flexibility index (Phi) is 4.44. The van der Waals surface area contributed by atoms with Crippen molar-refractivity contribution in [1.29, 1.82) is 0 Å². The normalized spacial score (nSPS) is 13.4. The number of hydrogen-bond donors (Lipinski definition) is 0. The fourth-order valence-electron chi connectivity index (χ4n) is 1.77. The monoisotopic (exact) mass is 422 g/mol. The molecule has 2 rings (SSSR count). The van der Waals surface area contributed by atoms with Crippen molar-refractivity contribution in [3.8, 4) is 0 Å². The van der Waals surface area contributed by atoms with E-state index < -0.39 is 36.9 Å². The second-order valence-corrected chi connectivity index (χ2v) is 11.8. The van der Waals surface area contributed by atoms with Crippen LogP contribution < -0.4 is 0 Å². The van der Waals surface area contributed by atoms with E-state index in [2.05, 4.69) is 0 Å². The van der Waals surface area contributed by atoms with Crippen molar-refractivity contribution in [3.05, 3.63) is 30.3 Å². The third kappa shape index (κ3) is 3.66. The number of hydrogen-bond acceptors (Lipinski definition) is 6. The molecule has 2 aromatic rings. The average Bonchev–Trinajstić information content (AvgIpc) is 2.33. The Morgan fingerprint density at radius 2 is 1.18 bits per heavy atom. The highest BCUT2D eigenvalue weighted by Gasteiger charge is 2.22. The maximum Gasteiger partial charge on any atom is 0.261 e. The summed E-state index contributed by atoms with van der Waals surface area (Å²) in [4.78, 5) is -1.43. The summed E-state index contributed by atoms with van der Waals surface area (Å²) >= 11 is 0. The second-order valence-electron chi connectivity index (χ2n) is 4.12. The molecule has 120 valence electrons. The summed E-state index contributed by atoms with van der Waals surface area (Å²) in [6.45, 7) is 0. The topological polar surface area (TPSA) is 102 Å². The van der Waals surface area contributed by atoms with Crippen LogP contribution in [0.15, 0.2) is 45.0 Å². The van der Waals surface area contributed by atoms with Crippen molar-refractivity contribution < 1.29 is 25.3 Å². The van der Waals surface area contributed by atoms with E-state index in [0.717, 1.165) is 24.3 Å². The van der Waals surface area contributed by atoms with Crippen LogP contribution in [0, 0.1) is 0 Å². The number of benzene rings is 2. The highest BCUT2D eigenvalue weighted by molar-refractivity contribution is 8.14. The predicted molar refractivity (Wildman–Crippen MR) is 83.1 cm³/mol. The first kappa shape index (κ1) is 17.8. The van der Waals surface area contributed by atoms with Gasteiger partial charge in [0.05, 0.1) is 14.7 Å². The molecule has 0 aliphatic heterocycles. The fourth-order valence-corrected chi connectivity index (χ4v) is 4.51. The van der Waals surface area contributed by atoms with Gasteiger partial charge in [-0.3, -0.25) is 0 Å². The van der Waals surface area contributed by atoms with Crippen LogP contribution in [-0.2, 0) is 27.2 Å². The van der Waals surface area contributed by atoms with E-state index in [4.69, 9.17) is 32.0 Å². The Hall–Kier alpha value is -0.580. The largest absolute Gasteiger partial charge is 0.261 e. The first-order valence-corrected chi connectivity index (χ1v) is 12.1. The van der Waals surface area contributed by atoms with Gasteiger partial charge >= 0.3 is 0 Å². The van der Waals surface area contributed by atoms with Crippen molar-refractivity contribution in [1.82, 2.24) is 0 Å². The zero-order valence-electron chi connectivity index (χ0n) is 10.2. The first-order chi connectivity index (χ1) is 9.80. The van der Waals surface area contributed by atoms with Gasteiger partial charge in [0.1, 0.15) is 0 Å². The van der Waals surface area contributed by atoms with Crippen molar-refractivity contribution in [2.75, 3.05) is 0 Å². The van der Waals surface area contributed by atoms with Crippen molar-refractivity contribution >= 4 is 70.0 Å². The third-order valence-electron chi connectivity index (χ3n) is 2.69. The quantitative estimate of drug-likeness (QED) is 0.703. The van der Waals surface area contributed by atoms with Gasteiger partial charge in [0.25, 0.3) is 27.2 Å². The van der Waals surface area contributed by atoms with Crippen LogP contribution in [0.3, 0.4) is 0 Å². The highest BCUT2D eigenvalue weighted by atomic mass is 35.7. The van der Waals surface area contributed by atoms with E-state index in [0.29, 0.717) is 0 Å². The minimum Gasteiger partial charge on any atom is -0.207 e. The number of halogens is 3. The van der Waals surface area contributed by atoms with Crippen LogP contribution >= 0.6 is 32.0 Å². The molecule has 0 aliphatic rings. The molecule has 2 aromatic carbocycles. The van der Waals surface area contributed by atoms with E-state index in [1.807, 2.05) is 0 Å². The Balaban J connectivity index is 3.03. The van der Waals surface area contributed by atoms with E-state index in [1.165, 1.54) is 6.07 Å². The molecule has 22 heavy (non-hydrogen) atoms. The molecule has 0 spiro atoms. The summed E-state index contributed by atoms with van der Waals surface area (Å²) in [5.41, 5.74) is 0. The Morgan fingerprint density at radius 1 is 0.636 bits per heavy atom. The van der Waals surface area contributed by atoms with E-state index in [9.17, 15) is 25.3 Å². The van der Waals surface area contributed by atoms with Crippen molar-refractivity contribution in [2.24, 2.45) is 0 Å². The van der Waals surface area contributed by atoms with Crippen LogP contribution in [0.5, 0.6) is 0 Å². The summed E-state index contributed by atoms with van der Waals surface area (Å²) < 4.78 is 68.7. The van der Waals surface area contributed by atoms with Gasteiger partial charge in [-0.1, -0.05) is 6.07 Å². The fraction of sp³-hybridized carbons (Fsp3) is 0.